The Morgan fingerprint density at radius 2 is 2.00 bits per heavy atom. The third-order valence-corrected chi connectivity index (χ3v) is 4.46. The molecule has 0 unspecified atom stereocenters. The standard InChI is InChI=1S/C16H21N7O/c17-15(24)14-16(20-11-8-19-23(10-11)12-4-5-12)21-13(9-18-14)22-6-2-1-3-7-22/h8-10,12H,1-7H2,(H2,17,24)(H,20,21). The molecule has 0 radical (unpaired) electrons. The summed E-state index contributed by atoms with van der Waals surface area (Å²) in [4.78, 5) is 22.7. The van der Waals surface area contributed by atoms with Gasteiger partial charge in [0.25, 0.3) is 5.91 Å². The molecule has 8 heteroatoms. The number of nitrogens with one attached hydrogen (secondary N) is 1. The Balaban J connectivity index is 1.61. The van der Waals surface area contributed by atoms with Crippen LogP contribution in [0.15, 0.2) is 18.6 Å². The van der Waals surface area contributed by atoms with Crippen molar-refractivity contribution in [2.75, 3.05) is 23.3 Å². The molecule has 3 heterocycles. The minimum atomic E-state index is -0.593. The van der Waals surface area contributed by atoms with Gasteiger partial charge in [-0.3, -0.25) is 9.48 Å². The van der Waals surface area contributed by atoms with E-state index in [0.29, 0.717) is 11.9 Å². The maximum Gasteiger partial charge on any atom is 0.271 e. The average molecular weight is 327 g/mol. The van der Waals surface area contributed by atoms with Crippen LogP contribution in [0.25, 0.3) is 0 Å². The van der Waals surface area contributed by atoms with Crippen LogP contribution in [0.4, 0.5) is 17.3 Å². The van der Waals surface area contributed by atoms with Gasteiger partial charge in [-0.2, -0.15) is 5.10 Å². The first kappa shape index (κ1) is 14.9. The molecule has 1 aliphatic heterocycles. The number of primary amides is 1. The molecule has 1 saturated carbocycles. The first-order valence-corrected chi connectivity index (χ1v) is 8.43. The SMILES string of the molecule is NC(=O)c1ncc(N2CCCCC2)nc1Nc1cnn(C2CC2)c1. The number of rotatable bonds is 5. The molecule has 24 heavy (non-hydrogen) atoms. The van der Waals surface area contributed by atoms with E-state index >= 15 is 0 Å². The summed E-state index contributed by atoms with van der Waals surface area (Å²) in [6, 6.07) is 0.502. The molecule has 0 spiro atoms. The number of aromatic nitrogens is 4. The largest absolute Gasteiger partial charge is 0.364 e. The highest BCUT2D eigenvalue weighted by Gasteiger charge is 2.24. The summed E-state index contributed by atoms with van der Waals surface area (Å²) >= 11 is 0. The zero-order valence-electron chi connectivity index (χ0n) is 13.5. The van der Waals surface area contributed by atoms with Crippen molar-refractivity contribution in [3.63, 3.8) is 0 Å². The van der Waals surface area contributed by atoms with E-state index in [2.05, 4.69) is 25.3 Å². The van der Waals surface area contributed by atoms with Crippen LogP contribution in [-0.2, 0) is 0 Å². The Morgan fingerprint density at radius 3 is 2.71 bits per heavy atom. The van der Waals surface area contributed by atoms with Crippen LogP contribution in [-0.4, -0.2) is 38.7 Å². The molecule has 0 atom stereocenters. The molecule has 2 aliphatic rings. The van der Waals surface area contributed by atoms with Gasteiger partial charge < -0.3 is 16.0 Å². The van der Waals surface area contributed by atoms with Gasteiger partial charge in [-0.1, -0.05) is 0 Å². The van der Waals surface area contributed by atoms with Gasteiger partial charge in [0.2, 0.25) is 0 Å². The average Bonchev–Trinajstić information content (AvgIpc) is 3.35. The summed E-state index contributed by atoms with van der Waals surface area (Å²) in [5, 5.41) is 7.49. The zero-order valence-corrected chi connectivity index (χ0v) is 13.5. The third-order valence-electron chi connectivity index (χ3n) is 4.46. The van der Waals surface area contributed by atoms with E-state index in [0.717, 1.165) is 50.3 Å². The molecular weight excluding hydrogens is 306 g/mol. The van der Waals surface area contributed by atoms with Gasteiger partial charge in [-0.15, -0.1) is 0 Å². The lowest BCUT2D eigenvalue weighted by Crippen LogP contribution is -2.30. The molecule has 2 aromatic rings. The normalized spacial score (nSPS) is 17.8. The van der Waals surface area contributed by atoms with Gasteiger partial charge in [-0.25, -0.2) is 9.97 Å². The number of carbonyl (C=O) groups excluding carboxylic acids is 1. The van der Waals surface area contributed by atoms with Crippen LogP contribution < -0.4 is 16.0 Å². The van der Waals surface area contributed by atoms with Crippen molar-refractivity contribution in [3.8, 4) is 0 Å². The molecule has 0 bridgehead atoms. The Bertz CT molecular complexity index is 747. The first-order chi connectivity index (χ1) is 11.7. The van der Waals surface area contributed by atoms with Crippen molar-refractivity contribution in [1.82, 2.24) is 19.7 Å². The van der Waals surface area contributed by atoms with Gasteiger partial charge in [0.15, 0.2) is 11.5 Å². The monoisotopic (exact) mass is 327 g/mol. The minimum absolute atomic E-state index is 0.148. The fourth-order valence-electron chi connectivity index (χ4n) is 3.00. The van der Waals surface area contributed by atoms with E-state index in [1.54, 1.807) is 12.4 Å². The van der Waals surface area contributed by atoms with Crippen LogP contribution >= 0.6 is 0 Å². The van der Waals surface area contributed by atoms with Crippen molar-refractivity contribution < 1.29 is 4.79 Å². The highest BCUT2D eigenvalue weighted by Crippen LogP contribution is 2.35. The molecular formula is C16H21N7O. The molecule has 3 N–H and O–H groups in total. The van der Waals surface area contributed by atoms with Gasteiger partial charge in [0.05, 0.1) is 24.1 Å². The number of hydrogen-bond acceptors (Lipinski definition) is 6. The quantitative estimate of drug-likeness (QED) is 0.869. The predicted molar refractivity (Wildman–Crippen MR) is 90.4 cm³/mol. The summed E-state index contributed by atoms with van der Waals surface area (Å²) in [6.07, 6.45) is 11.2. The number of hydrogen-bond donors (Lipinski definition) is 2. The maximum absolute atomic E-state index is 11.7. The van der Waals surface area contributed by atoms with Gasteiger partial charge >= 0.3 is 0 Å². The smallest absolute Gasteiger partial charge is 0.271 e. The Morgan fingerprint density at radius 1 is 1.21 bits per heavy atom. The van der Waals surface area contributed by atoms with Crippen LogP contribution in [0.5, 0.6) is 0 Å². The molecule has 1 saturated heterocycles. The minimum Gasteiger partial charge on any atom is -0.364 e. The van der Waals surface area contributed by atoms with E-state index in [-0.39, 0.29) is 5.69 Å². The maximum atomic E-state index is 11.7. The molecule has 4 rings (SSSR count). The molecule has 1 amide bonds. The van der Waals surface area contributed by atoms with Crippen molar-refractivity contribution in [1.29, 1.82) is 0 Å². The second-order valence-corrected chi connectivity index (χ2v) is 6.40. The third kappa shape index (κ3) is 3.04. The number of carbonyl (C=O) groups is 1. The number of anilines is 3. The van der Waals surface area contributed by atoms with E-state index in [4.69, 9.17) is 5.73 Å². The molecule has 126 valence electrons. The van der Waals surface area contributed by atoms with Crippen molar-refractivity contribution in [3.05, 3.63) is 24.3 Å². The van der Waals surface area contributed by atoms with Crippen LogP contribution in [0.1, 0.15) is 48.6 Å². The van der Waals surface area contributed by atoms with E-state index in [9.17, 15) is 4.79 Å². The van der Waals surface area contributed by atoms with Gasteiger partial charge in [0.1, 0.15) is 5.82 Å². The fraction of sp³-hybridized carbons (Fsp3) is 0.500. The van der Waals surface area contributed by atoms with Gasteiger partial charge in [-0.05, 0) is 32.1 Å². The summed E-state index contributed by atoms with van der Waals surface area (Å²) in [7, 11) is 0. The summed E-state index contributed by atoms with van der Waals surface area (Å²) < 4.78 is 1.94. The lowest BCUT2D eigenvalue weighted by atomic mass is 10.1. The van der Waals surface area contributed by atoms with Gasteiger partial charge in [0, 0.05) is 19.3 Å². The Labute approximate surface area is 140 Å². The summed E-state index contributed by atoms with van der Waals surface area (Å²) in [5.74, 6) is 0.572. The van der Waals surface area contributed by atoms with Crippen molar-refractivity contribution in [2.45, 2.75) is 38.1 Å². The lowest BCUT2D eigenvalue weighted by Gasteiger charge is -2.27. The molecule has 2 fully saturated rings. The fourth-order valence-corrected chi connectivity index (χ4v) is 3.00. The number of nitrogens with two attached hydrogens (primary N) is 1. The summed E-state index contributed by atoms with van der Waals surface area (Å²) in [5.41, 5.74) is 6.38. The second-order valence-electron chi connectivity index (χ2n) is 6.40. The Hall–Kier alpha value is -2.64. The summed E-state index contributed by atoms with van der Waals surface area (Å²) in [6.45, 7) is 1.92. The molecule has 2 aromatic heterocycles. The second kappa shape index (κ2) is 6.10. The van der Waals surface area contributed by atoms with Crippen LogP contribution in [0.3, 0.4) is 0 Å². The highest BCUT2D eigenvalue weighted by atomic mass is 16.1. The number of amides is 1. The number of nitrogens with zero attached hydrogens (tertiary/aromatic N) is 5. The number of piperidine rings is 1. The van der Waals surface area contributed by atoms with Crippen LogP contribution in [0, 0.1) is 0 Å². The first-order valence-electron chi connectivity index (χ1n) is 8.43. The van der Waals surface area contributed by atoms with Crippen molar-refractivity contribution in [2.24, 2.45) is 5.73 Å². The zero-order chi connectivity index (χ0) is 16.5. The molecule has 1 aliphatic carbocycles. The van der Waals surface area contributed by atoms with E-state index < -0.39 is 5.91 Å². The van der Waals surface area contributed by atoms with E-state index in [1.165, 1.54) is 6.42 Å². The molecule has 8 nitrogen and oxygen atoms in total. The predicted octanol–water partition coefficient (Wildman–Crippen LogP) is 1.84. The van der Waals surface area contributed by atoms with E-state index in [1.807, 2.05) is 10.9 Å². The Kier molecular flexibility index (Phi) is 3.79. The van der Waals surface area contributed by atoms with Crippen LogP contribution in [0.2, 0.25) is 0 Å². The lowest BCUT2D eigenvalue weighted by molar-refractivity contribution is 0.0996. The molecule has 0 aromatic carbocycles. The van der Waals surface area contributed by atoms with Crippen molar-refractivity contribution >= 4 is 23.2 Å². The highest BCUT2D eigenvalue weighted by molar-refractivity contribution is 5.96. The topological polar surface area (TPSA) is 102 Å².